The van der Waals surface area contributed by atoms with Crippen molar-refractivity contribution in [3.05, 3.63) is 54.6 Å². The van der Waals surface area contributed by atoms with Crippen LogP contribution in [0.3, 0.4) is 0 Å². The lowest BCUT2D eigenvalue weighted by Gasteiger charge is -2.08. The highest BCUT2D eigenvalue weighted by molar-refractivity contribution is 5.91. The fourth-order valence-corrected chi connectivity index (χ4v) is 1.91. The van der Waals surface area contributed by atoms with Gasteiger partial charge in [-0.1, -0.05) is 18.2 Å². The maximum absolute atomic E-state index is 11.8. The Kier molecular flexibility index (Phi) is 6.64. The van der Waals surface area contributed by atoms with Gasteiger partial charge in [-0.25, -0.2) is 4.79 Å². The Morgan fingerprint density at radius 3 is 2.29 bits per heavy atom. The van der Waals surface area contributed by atoms with Gasteiger partial charge in [0.1, 0.15) is 11.5 Å². The summed E-state index contributed by atoms with van der Waals surface area (Å²) >= 11 is 0. The number of alkyl carbamates (subject to hydrolysis) is 1. The van der Waals surface area contributed by atoms with Gasteiger partial charge >= 0.3 is 6.09 Å². The van der Waals surface area contributed by atoms with Gasteiger partial charge in [0, 0.05) is 18.7 Å². The smallest absolute Gasteiger partial charge is 0.407 e. The van der Waals surface area contributed by atoms with E-state index in [4.69, 9.17) is 9.47 Å². The van der Waals surface area contributed by atoms with E-state index in [0.29, 0.717) is 18.0 Å². The second-order valence-corrected chi connectivity index (χ2v) is 4.88. The zero-order chi connectivity index (χ0) is 17.2. The van der Waals surface area contributed by atoms with Crippen LogP contribution in [0.1, 0.15) is 13.3 Å². The molecule has 0 radical (unpaired) electrons. The van der Waals surface area contributed by atoms with Crippen LogP contribution in [0.5, 0.6) is 11.5 Å². The lowest BCUT2D eigenvalue weighted by atomic mass is 10.3. The topological polar surface area (TPSA) is 76.7 Å². The number of anilines is 1. The average molecular weight is 328 g/mol. The number of hydrogen-bond donors (Lipinski definition) is 2. The first-order chi connectivity index (χ1) is 11.7. The van der Waals surface area contributed by atoms with Gasteiger partial charge in [-0.2, -0.15) is 0 Å². The predicted octanol–water partition coefficient (Wildman–Crippen LogP) is 3.55. The molecule has 0 aromatic heterocycles. The monoisotopic (exact) mass is 328 g/mol. The molecule has 0 saturated heterocycles. The van der Waals surface area contributed by atoms with Crippen LogP contribution in [0.25, 0.3) is 0 Å². The van der Waals surface area contributed by atoms with Crippen LogP contribution < -0.4 is 15.4 Å². The van der Waals surface area contributed by atoms with Crippen molar-refractivity contribution >= 4 is 17.7 Å². The molecule has 2 aromatic rings. The number of para-hydroxylation sites is 1. The summed E-state index contributed by atoms with van der Waals surface area (Å²) in [7, 11) is 0. The van der Waals surface area contributed by atoms with Crippen LogP contribution >= 0.6 is 0 Å². The SMILES string of the molecule is CCOC(=O)NCCC(=O)Nc1ccc(Oc2ccccc2)cc1. The largest absolute Gasteiger partial charge is 0.457 e. The minimum atomic E-state index is -0.521. The summed E-state index contributed by atoms with van der Waals surface area (Å²) < 4.78 is 10.4. The van der Waals surface area contributed by atoms with E-state index >= 15 is 0 Å². The molecule has 2 rings (SSSR count). The second kappa shape index (κ2) is 9.19. The fraction of sp³-hybridized carbons (Fsp3) is 0.222. The number of rotatable bonds is 7. The molecule has 0 heterocycles. The molecule has 2 N–H and O–H groups in total. The van der Waals surface area contributed by atoms with E-state index in [-0.39, 0.29) is 18.9 Å². The molecule has 0 aliphatic heterocycles. The summed E-state index contributed by atoms with van der Waals surface area (Å²) in [5, 5.41) is 5.25. The first-order valence-corrected chi connectivity index (χ1v) is 7.71. The van der Waals surface area contributed by atoms with Crippen LogP contribution in [-0.4, -0.2) is 25.2 Å². The molecule has 2 aromatic carbocycles. The Hall–Kier alpha value is -3.02. The third-order valence-corrected chi connectivity index (χ3v) is 3.01. The summed E-state index contributed by atoms with van der Waals surface area (Å²) in [4.78, 5) is 22.9. The molecule has 0 bridgehead atoms. The van der Waals surface area contributed by atoms with Crippen molar-refractivity contribution in [1.29, 1.82) is 0 Å². The maximum atomic E-state index is 11.8. The summed E-state index contributed by atoms with van der Waals surface area (Å²) in [6.07, 6.45) is -0.353. The third kappa shape index (κ3) is 6.00. The van der Waals surface area contributed by atoms with Crippen molar-refractivity contribution in [2.75, 3.05) is 18.5 Å². The molecule has 2 amide bonds. The van der Waals surface area contributed by atoms with Crippen molar-refractivity contribution in [3.63, 3.8) is 0 Å². The number of carbonyl (C=O) groups excluding carboxylic acids is 2. The standard InChI is InChI=1S/C18H20N2O4/c1-2-23-18(22)19-13-12-17(21)20-14-8-10-16(11-9-14)24-15-6-4-3-5-7-15/h3-11H,2,12-13H2,1H3,(H,19,22)(H,20,21). The van der Waals surface area contributed by atoms with E-state index in [2.05, 4.69) is 10.6 Å². The van der Waals surface area contributed by atoms with Crippen molar-refractivity contribution in [3.8, 4) is 11.5 Å². The summed E-state index contributed by atoms with van der Waals surface area (Å²) in [6, 6.07) is 16.5. The molecule has 0 unspecified atom stereocenters. The highest BCUT2D eigenvalue weighted by atomic mass is 16.5. The molecular weight excluding hydrogens is 308 g/mol. The van der Waals surface area contributed by atoms with E-state index in [1.54, 1.807) is 31.2 Å². The first-order valence-electron chi connectivity index (χ1n) is 7.71. The van der Waals surface area contributed by atoms with Crippen LogP contribution in [0.2, 0.25) is 0 Å². The van der Waals surface area contributed by atoms with Crippen molar-refractivity contribution in [2.24, 2.45) is 0 Å². The zero-order valence-corrected chi connectivity index (χ0v) is 13.5. The van der Waals surface area contributed by atoms with Crippen molar-refractivity contribution in [2.45, 2.75) is 13.3 Å². The Bertz CT molecular complexity index is 656. The van der Waals surface area contributed by atoms with Crippen LogP contribution in [-0.2, 0) is 9.53 Å². The number of carbonyl (C=O) groups is 2. The first kappa shape index (κ1) is 17.3. The van der Waals surface area contributed by atoms with Gasteiger partial charge in [-0.05, 0) is 43.3 Å². The number of ether oxygens (including phenoxy) is 2. The van der Waals surface area contributed by atoms with E-state index in [9.17, 15) is 9.59 Å². The van der Waals surface area contributed by atoms with Gasteiger partial charge in [0.15, 0.2) is 0 Å². The minimum absolute atomic E-state index is 0.168. The molecule has 0 aliphatic rings. The van der Waals surface area contributed by atoms with Gasteiger partial charge in [-0.3, -0.25) is 4.79 Å². The normalized spacial score (nSPS) is 9.88. The average Bonchev–Trinajstić information content (AvgIpc) is 2.58. The van der Waals surface area contributed by atoms with Crippen LogP contribution in [0, 0.1) is 0 Å². The molecule has 6 nitrogen and oxygen atoms in total. The highest BCUT2D eigenvalue weighted by Gasteiger charge is 2.05. The van der Waals surface area contributed by atoms with E-state index < -0.39 is 6.09 Å². The fourth-order valence-electron chi connectivity index (χ4n) is 1.91. The molecule has 6 heteroatoms. The summed E-state index contributed by atoms with van der Waals surface area (Å²) in [6.45, 7) is 2.24. The number of benzene rings is 2. The molecule has 0 fully saturated rings. The Balaban J connectivity index is 1.76. The number of nitrogens with one attached hydrogen (secondary N) is 2. The van der Waals surface area contributed by atoms with Crippen molar-refractivity contribution in [1.82, 2.24) is 5.32 Å². The Morgan fingerprint density at radius 2 is 1.62 bits per heavy atom. The van der Waals surface area contributed by atoms with Crippen LogP contribution in [0.15, 0.2) is 54.6 Å². The van der Waals surface area contributed by atoms with E-state index in [1.807, 2.05) is 30.3 Å². The van der Waals surface area contributed by atoms with Gasteiger partial charge in [-0.15, -0.1) is 0 Å². The molecule has 0 saturated carbocycles. The van der Waals surface area contributed by atoms with Gasteiger partial charge in [0.25, 0.3) is 0 Å². The molecule has 0 aliphatic carbocycles. The molecule has 0 atom stereocenters. The maximum Gasteiger partial charge on any atom is 0.407 e. The second-order valence-electron chi connectivity index (χ2n) is 4.88. The van der Waals surface area contributed by atoms with E-state index in [1.165, 1.54) is 0 Å². The lowest BCUT2D eigenvalue weighted by molar-refractivity contribution is -0.116. The van der Waals surface area contributed by atoms with Gasteiger partial charge in [0.05, 0.1) is 6.61 Å². The summed E-state index contributed by atoms with van der Waals surface area (Å²) in [5.74, 6) is 1.24. The van der Waals surface area contributed by atoms with E-state index in [0.717, 1.165) is 5.75 Å². The molecule has 126 valence electrons. The lowest BCUT2D eigenvalue weighted by Crippen LogP contribution is -2.28. The molecule has 0 spiro atoms. The molecular formula is C18H20N2O4. The van der Waals surface area contributed by atoms with Gasteiger partial charge in [0.2, 0.25) is 5.91 Å². The van der Waals surface area contributed by atoms with Gasteiger partial charge < -0.3 is 20.1 Å². The third-order valence-electron chi connectivity index (χ3n) is 3.01. The van der Waals surface area contributed by atoms with Crippen molar-refractivity contribution < 1.29 is 19.1 Å². The minimum Gasteiger partial charge on any atom is -0.457 e. The zero-order valence-electron chi connectivity index (χ0n) is 13.5. The summed E-state index contributed by atoms with van der Waals surface area (Å²) in [5.41, 5.74) is 0.663. The Labute approximate surface area is 140 Å². The molecule has 24 heavy (non-hydrogen) atoms. The number of hydrogen-bond acceptors (Lipinski definition) is 4. The Morgan fingerprint density at radius 1 is 0.958 bits per heavy atom. The quantitative estimate of drug-likeness (QED) is 0.815. The predicted molar refractivity (Wildman–Crippen MR) is 91.2 cm³/mol. The number of amides is 2. The van der Waals surface area contributed by atoms with Crippen LogP contribution in [0.4, 0.5) is 10.5 Å². The highest BCUT2D eigenvalue weighted by Crippen LogP contribution is 2.22.